The Bertz CT molecular complexity index is 1880. The van der Waals surface area contributed by atoms with E-state index >= 15 is 0 Å². The minimum atomic E-state index is -0.307. The van der Waals surface area contributed by atoms with Gasteiger partial charge in [0.25, 0.3) is 0 Å². The molecular formula is C35H36FN7O. The van der Waals surface area contributed by atoms with Crippen LogP contribution in [0.1, 0.15) is 63.9 Å². The largest absolute Gasteiger partial charge is 0.404 e. The first kappa shape index (κ1) is 29.0. The van der Waals surface area contributed by atoms with E-state index in [-0.39, 0.29) is 23.3 Å². The molecule has 4 heterocycles. The number of carbonyl (C=O) groups is 1. The number of halogens is 1. The number of amides is 1. The highest BCUT2D eigenvalue weighted by atomic mass is 19.1. The van der Waals surface area contributed by atoms with Gasteiger partial charge in [-0.1, -0.05) is 44.5 Å². The SMILES string of the molecule is C[C@H]1N=C(c2cc3c(-c4ccccc4F)cncc3[nH]2)c2cc(C(/C=C(\C=C3CC3)NC(=O)CC(C)(C)C)=C/N)ncc2N1. The number of H-pyrrole nitrogens is 1. The van der Waals surface area contributed by atoms with Crippen LogP contribution in [0.5, 0.6) is 0 Å². The molecule has 5 N–H and O–H groups in total. The molecule has 1 atom stereocenters. The first-order chi connectivity index (χ1) is 21.1. The monoisotopic (exact) mass is 589 g/mol. The number of nitrogens with zero attached hydrogens (tertiary/aromatic N) is 3. The molecule has 1 aliphatic heterocycles. The van der Waals surface area contributed by atoms with Gasteiger partial charge in [-0.05, 0) is 55.5 Å². The highest BCUT2D eigenvalue weighted by Gasteiger charge is 2.24. The van der Waals surface area contributed by atoms with Gasteiger partial charge in [0.1, 0.15) is 12.0 Å². The Balaban J connectivity index is 1.38. The summed E-state index contributed by atoms with van der Waals surface area (Å²) in [6, 6.07) is 10.6. The molecule has 9 heteroatoms. The highest BCUT2D eigenvalue weighted by molar-refractivity contribution is 6.18. The normalized spacial score (nSPS) is 16.7. The summed E-state index contributed by atoms with van der Waals surface area (Å²) in [7, 11) is 0. The van der Waals surface area contributed by atoms with Gasteiger partial charge in [-0.15, -0.1) is 0 Å². The van der Waals surface area contributed by atoms with E-state index in [1.165, 1.54) is 17.8 Å². The molecule has 2 aliphatic rings. The first-order valence-electron chi connectivity index (χ1n) is 14.8. The Kier molecular flexibility index (Phi) is 7.63. The summed E-state index contributed by atoms with van der Waals surface area (Å²) in [6.07, 6.45) is 12.8. The molecule has 4 aromatic rings. The van der Waals surface area contributed by atoms with Crippen LogP contribution in [-0.2, 0) is 4.79 Å². The molecule has 0 bridgehead atoms. The Labute approximate surface area is 256 Å². The first-order valence-corrected chi connectivity index (χ1v) is 14.8. The van der Waals surface area contributed by atoms with Crippen molar-refractivity contribution in [1.29, 1.82) is 0 Å². The summed E-state index contributed by atoms with van der Waals surface area (Å²) in [5.74, 6) is -0.356. The number of aromatic amines is 1. The summed E-state index contributed by atoms with van der Waals surface area (Å²) in [5.41, 5.74) is 14.4. The number of carbonyl (C=O) groups excluding carboxylic acids is 1. The molecular weight excluding hydrogens is 553 g/mol. The van der Waals surface area contributed by atoms with Gasteiger partial charge in [-0.2, -0.15) is 0 Å². The van der Waals surface area contributed by atoms with Gasteiger partial charge in [0, 0.05) is 52.2 Å². The number of hydrogen-bond donors (Lipinski definition) is 4. The van der Waals surface area contributed by atoms with Crippen molar-refractivity contribution in [2.24, 2.45) is 16.1 Å². The molecule has 0 radical (unpaired) electrons. The second-order valence-corrected chi connectivity index (χ2v) is 12.5. The molecule has 44 heavy (non-hydrogen) atoms. The Morgan fingerprint density at radius 3 is 2.64 bits per heavy atom. The molecule has 1 aliphatic carbocycles. The fourth-order valence-electron chi connectivity index (χ4n) is 5.34. The van der Waals surface area contributed by atoms with Crippen LogP contribution < -0.4 is 16.4 Å². The molecule has 1 fully saturated rings. The lowest BCUT2D eigenvalue weighted by Crippen LogP contribution is -2.26. The van der Waals surface area contributed by atoms with Crippen molar-refractivity contribution in [3.05, 3.63) is 107 Å². The number of fused-ring (bicyclic) bond motifs is 2. The van der Waals surface area contributed by atoms with E-state index < -0.39 is 0 Å². The van der Waals surface area contributed by atoms with Crippen molar-refractivity contribution in [1.82, 2.24) is 20.3 Å². The smallest absolute Gasteiger partial charge is 0.224 e. The van der Waals surface area contributed by atoms with E-state index in [1.54, 1.807) is 30.7 Å². The van der Waals surface area contributed by atoms with Gasteiger partial charge in [0.2, 0.25) is 5.91 Å². The maximum absolute atomic E-state index is 14.7. The molecule has 0 unspecified atom stereocenters. The molecule has 1 amide bonds. The minimum Gasteiger partial charge on any atom is -0.404 e. The lowest BCUT2D eigenvalue weighted by molar-refractivity contribution is -0.122. The second kappa shape index (κ2) is 11.6. The number of aliphatic imine (C=N–C) groups is 1. The van der Waals surface area contributed by atoms with Gasteiger partial charge in [0.15, 0.2) is 0 Å². The third-order valence-corrected chi connectivity index (χ3v) is 7.47. The molecule has 1 aromatic carbocycles. The maximum atomic E-state index is 14.7. The van der Waals surface area contributed by atoms with Crippen LogP contribution in [0.2, 0.25) is 0 Å². The molecule has 0 saturated heterocycles. The number of nitrogens with one attached hydrogen (secondary N) is 3. The van der Waals surface area contributed by atoms with E-state index in [9.17, 15) is 9.18 Å². The van der Waals surface area contributed by atoms with Gasteiger partial charge in [-0.25, -0.2) is 4.39 Å². The van der Waals surface area contributed by atoms with E-state index in [0.717, 1.165) is 46.4 Å². The van der Waals surface area contributed by atoms with Crippen molar-refractivity contribution >= 4 is 33.8 Å². The number of hydrogen-bond acceptors (Lipinski definition) is 6. The van der Waals surface area contributed by atoms with E-state index in [0.29, 0.717) is 34.5 Å². The number of rotatable bonds is 7. The number of anilines is 1. The van der Waals surface area contributed by atoms with Crippen LogP contribution >= 0.6 is 0 Å². The predicted molar refractivity (Wildman–Crippen MR) is 174 cm³/mol. The summed E-state index contributed by atoms with van der Waals surface area (Å²) < 4.78 is 14.7. The highest BCUT2D eigenvalue weighted by Crippen LogP contribution is 2.34. The molecule has 224 valence electrons. The number of allylic oxidation sites excluding steroid dienone is 4. The lowest BCUT2D eigenvalue weighted by Gasteiger charge is -2.23. The summed E-state index contributed by atoms with van der Waals surface area (Å²) in [6.45, 7) is 8.08. The number of nitrogens with two attached hydrogens (primary N) is 1. The Morgan fingerprint density at radius 1 is 1.11 bits per heavy atom. The van der Waals surface area contributed by atoms with Crippen molar-refractivity contribution in [2.75, 3.05) is 5.32 Å². The number of aromatic nitrogens is 3. The van der Waals surface area contributed by atoms with Gasteiger partial charge < -0.3 is 21.4 Å². The number of pyridine rings is 2. The average Bonchev–Trinajstić information content (AvgIpc) is 3.68. The van der Waals surface area contributed by atoms with E-state index in [1.807, 2.05) is 58.0 Å². The molecule has 6 rings (SSSR count). The zero-order valence-corrected chi connectivity index (χ0v) is 25.3. The van der Waals surface area contributed by atoms with Crippen molar-refractivity contribution < 1.29 is 9.18 Å². The third kappa shape index (κ3) is 6.32. The zero-order chi connectivity index (χ0) is 31.0. The maximum Gasteiger partial charge on any atom is 0.224 e. The summed E-state index contributed by atoms with van der Waals surface area (Å²) in [5, 5.41) is 7.30. The quantitative estimate of drug-likeness (QED) is 0.176. The molecule has 8 nitrogen and oxygen atoms in total. The summed E-state index contributed by atoms with van der Waals surface area (Å²) in [4.78, 5) is 30.3. The van der Waals surface area contributed by atoms with E-state index in [2.05, 4.69) is 20.6 Å². The van der Waals surface area contributed by atoms with Crippen molar-refractivity contribution in [3.63, 3.8) is 0 Å². The Hall–Kier alpha value is -5.05. The van der Waals surface area contributed by atoms with Crippen molar-refractivity contribution in [2.45, 2.75) is 53.1 Å². The van der Waals surface area contributed by atoms with Crippen LogP contribution in [0, 0.1) is 11.2 Å². The molecule has 0 spiro atoms. The Morgan fingerprint density at radius 2 is 1.91 bits per heavy atom. The van der Waals surface area contributed by atoms with E-state index in [4.69, 9.17) is 15.7 Å². The second-order valence-electron chi connectivity index (χ2n) is 12.5. The van der Waals surface area contributed by atoms with Crippen LogP contribution in [-0.4, -0.2) is 32.7 Å². The van der Waals surface area contributed by atoms with Gasteiger partial charge in [-0.3, -0.25) is 19.8 Å². The standard InChI is InChI=1S/C35H36FN7O/c1-20-40-32-19-39-29(22(16-37)12-23(11-21-9-10-21)42-33(44)15-35(2,3)4)14-26(32)34(41-20)30-13-25-27(17-38-18-31(25)43-30)24-7-5-6-8-28(24)36/h5-8,11-14,16-20,40,43H,9-10,15,37H2,1-4H3,(H,42,44)/b22-16+,23-12+/t20-/m1/s1. The van der Waals surface area contributed by atoms with Crippen molar-refractivity contribution in [3.8, 4) is 11.1 Å². The van der Waals surface area contributed by atoms with Gasteiger partial charge >= 0.3 is 0 Å². The van der Waals surface area contributed by atoms with Crippen LogP contribution in [0.4, 0.5) is 10.1 Å². The van der Waals surface area contributed by atoms with Crippen LogP contribution in [0.15, 0.2) is 89.6 Å². The third-order valence-electron chi connectivity index (χ3n) is 7.47. The fraction of sp³-hybridized carbons (Fsp3) is 0.257. The number of benzene rings is 1. The van der Waals surface area contributed by atoms with Gasteiger partial charge in [0.05, 0.1) is 40.7 Å². The zero-order valence-electron chi connectivity index (χ0n) is 25.3. The molecule has 1 saturated carbocycles. The summed E-state index contributed by atoms with van der Waals surface area (Å²) >= 11 is 0. The lowest BCUT2D eigenvalue weighted by atomic mass is 9.92. The predicted octanol–water partition coefficient (Wildman–Crippen LogP) is 6.83. The average molecular weight is 590 g/mol. The van der Waals surface area contributed by atoms with Crippen LogP contribution in [0.25, 0.3) is 27.6 Å². The topological polar surface area (TPSA) is 121 Å². The molecule has 3 aromatic heterocycles. The fourth-order valence-corrected chi connectivity index (χ4v) is 5.34. The van der Waals surface area contributed by atoms with Crippen LogP contribution in [0.3, 0.4) is 0 Å². The minimum absolute atomic E-state index is 0.0494.